The quantitative estimate of drug-likeness (QED) is 0.755. The highest BCUT2D eigenvalue weighted by Gasteiger charge is 2.18. The predicted molar refractivity (Wildman–Crippen MR) is 66.4 cm³/mol. The Bertz CT molecular complexity index is 335. The molecule has 1 rings (SSSR count). The van der Waals surface area contributed by atoms with Gasteiger partial charge in [0.25, 0.3) is 0 Å². The first kappa shape index (κ1) is 12.8. The predicted octanol–water partition coefficient (Wildman–Crippen LogP) is 2.75. The molecule has 0 aliphatic heterocycles. The number of aliphatic hydroxyl groups excluding tert-OH is 1. The second-order valence-electron chi connectivity index (χ2n) is 4.02. The lowest BCUT2D eigenvalue weighted by molar-refractivity contribution is 0.103. The molecule has 0 bridgehead atoms. The number of benzene rings is 1. The van der Waals surface area contributed by atoms with Crippen molar-refractivity contribution in [3.8, 4) is 5.75 Å². The van der Waals surface area contributed by atoms with Gasteiger partial charge in [0.05, 0.1) is 18.9 Å². The number of rotatable bonds is 5. The molecule has 0 spiro atoms. The van der Waals surface area contributed by atoms with Crippen LogP contribution >= 0.6 is 0 Å². The van der Waals surface area contributed by atoms with Gasteiger partial charge in [0.2, 0.25) is 0 Å². The number of aliphatic hydroxyl groups is 1. The molecule has 16 heavy (non-hydrogen) atoms. The Hall–Kier alpha value is -1.22. The molecule has 1 atom stereocenters. The van der Waals surface area contributed by atoms with Gasteiger partial charge in [-0.05, 0) is 23.6 Å². The number of hydrogen-bond donors (Lipinski definition) is 2. The summed E-state index contributed by atoms with van der Waals surface area (Å²) in [6.45, 7) is 4.18. The van der Waals surface area contributed by atoms with E-state index < -0.39 is 6.10 Å². The van der Waals surface area contributed by atoms with Crippen molar-refractivity contribution in [3.63, 3.8) is 0 Å². The van der Waals surface area contributed by atoms with E-state index in [1.165, 1.54) is 0 Å². The third-order valence-corrected chi connectivity index (χ3v) is 3.09. The zero-order chi connectivity index (χ0) is 12.1. The lowest BCUT2D eigenvalue weighted by Crippen LogP contribution is -2.11. The van der Waals surface area contributed by atoms with Gasteiger partial charge in [0.15, 0.2) is 0 Å². The zero-order valence-corrected chi connectivity index (χ0v) is 10.2. The average molecular weight is 223 g/mol. The number of nitrogens with two attached hydrogens (primary N) is 1. The maximum absolute atomic E-state index is 10.2. The summed E-state index contributed by atoms with van der Waals surface area (Å²) in [5, 5.41) is 10.2. The van der Waals surface area contributed by atoms with Crippen molar-refractivity contribution in [3.05, 3.63) is 23.8 Å². The third-order valence-electron chi connectivity index (χ3n) is 3.09. The van der Waals surface area contributed by atoms with E-state index in [9.17, 15) is 5.11 Å². The van der Waals surface area contributed by atoms with Crippen molar-refractivity contribution in [2.45, 2.75) is 32.8 Å². The van der Waals surface area contributed by atoms with Gasteiger partial charge >= 0.3 is 0 Å². The fourth-order valence-electron chi connectivity index (χ4n) is 1.92. The summed E-state index contributed by atoms with van der Waals surface area (Å²) in [4.78, 5) is 0. The van der Waals surface area contributed by atoms with Crippen LogP contribution in [-0.4, -0.2) is 12.2 Å². The van der Waals surface area contributed by atoms with E-state index in [1.54, 1.807) is 13.2 Å². The van der Waals surface area contributed by atoms with E-state index in [1.807, 2.05) is 12.1 Å². The highest BCUT2D eigenvalue weighted by Crippen LogP contribution is 2.31. The molecule has 1 unspecified atom stereocenters. The van der Waals surface area contributed by atoms with Crippen LogP contribution in [0.15, 0.2) is 18.2 Å². The van der Waals surface area contributed by atoms with Gasteiger partial charge < -0.3 is 15.6 Å². The third kappa shape index (κ3) is 2.67. The van der Waals surface area contributed by atoms with Crippen LogP contribution < -0.4 is 10.5 Å². The number of methoxy groups -OCH3 is 1. The molecule has 0 aliphatic rings. The summed E-state index contributed by atoms with van der Waals surface area (Å²) < 4.78 is 5.15. The molecule has 90 valence electrons. The first-order valence-corrected chi connectivity index (χ1v) is 5.75. The molecule has 3 nitrogen and oxygen atoms in total. The largest absolute Gasteiger partial charge is 0.495 e. The van der Waals surface area contributed by atoms with Crippen LogP contribution in [0.3, 0.4) is 0 Å². The standard InChI is InChI=1S/C13H21NO2/c1-4-9(5-2)13(15)10-6-7-11(14)12(8-10)16-3/h6-9,13,15H,4-5,14H2,1-3H3. The van der Waals surface area contributed by atoms with E-state index >= 15 is 0 Å². The Morgan fingerprint density at radius 3 is 2.44 bits per heavy atom. The topological polar surface area (TPSA) is 55.5 Å². The normalized spacial score (nSPS) is 12.8. The van der Waals surface area contributed by atoms with Crippen LogP contribution in [0.1, 0.15) is 38.4 Å². The van der Waals surface area contributed by atoms with Crippen molar-refractivity contribution in [1.82, 2.24) is 0 Å². The van der Waals surface area contributed by atoms with Crippen LogP contribution in [0.5, 0.6) is 5.75 Å². The Balaban J connectivity index is 2.95. The van der Waals surface area contributed by atoms with Crippen molar-refractivity contribution in [2.75, 3.05) is 12.8 Å². The first-order valence-electron chi connectivity index (χ1n) is 5.75. The van der Waals surface area contributed by atoms with E-state index in [0.29, 0.717) is 11.4 Å². The molecule has 0 amide bonds. The molecule has 3 heteroatoms. The maximum atomic E-state index is 10.2. The molecule has 0 aliphatic carbocycles. The molecule has 0 radical (unpaired) electrons. The molecule has 1 aromatic carbocycles. The van der Waals surface area contributed by atoms with Crippen LogP contribution in [0.25, 0.3) is 0 Å². The summed E-state index contributed by atoms with van der Waals surface area (Å²) >= 11 is 0. The summed E-state index contributed by atoms with van der Waals surface area (Å²) in [5.41, 5.74) is 7.21. The average Bonchev–Trinajstić information content (AvgIpc) is 2.31. The Labute approximate surface area is 97.2 Å². The monoisotopic (exact) mass is 223 g/mol. The Morgan fingerprint density at radius 2 is 1.94 bits per heavy atom. The minimum Gasteiger partial charge on any atom is -0.495 e. The van der Waals surface area contributed by atoms with Crippen molar-refractivity contribution in [2.24, 2.45) is 5.92 Å². The summed E-state index contributed by atoms with van der Waals surface area (Å²) in [6.07, 6.45) is 1.49. The first-order chi connectivity index (χ1) is 7.63. The number of anilines is 1. The van der Waals surface area contributed by atoms with E-state index in [0.717, 1.165) is 18.4 Å². The van der Waals surface area contributed by atoms with Gasteiger partial charge in [-0.3, -0.25) is 0 Å². The Morgan fingerprint density at radius 1 is 1.31 bits per heavy atom. The van der Waals surface area contributed by atoms with Crippen LogP contribution in [0, 0.1) is 5.92 Å². The second-order valence-corrected chi connectivity index (χ2v) is 4.02. The molecule has 3 N–H and O–H groups in total. The lowest BCUT2D eigenvalue weighted by atomic mass is 9.91. The smallest absolute Gasteiger partial charge is 0.142 e. The van der Waals surface area contributed by atoms with Gasteiger partial charge in [-0.25, -0.2) is 0 Å². The number of hydrogen-bond acceptors (Lipinski definition) is 3. The molecular weight excluding hydrogens is 202 g/mol. The van der Waals surface area contributed by atoms with Crippen molar-refractivity contribution >= 4 is 5.69 Å². The molecule has 0 heterocycles. The molecule has 0 fully saturated rings. The van der Waals surface area contributed by atoms with Gasteiger partial charge in [-0.2, -0.15) is 0 Å². The number of ether oxygens (including phenoxy) is 1. The molecule has 0 aromatic heterocycles. The zero-order valence-electron chi connectivity index (χ0n) is 10.2. The molecule has 1 aromatic rings. The van der Waals surface area contributed by atoms with E-state index in [2.05, 4.69) is 13.8 Å². The highest BCUT2D eigenvalue weighted by atomic mass is 16.5. The fraction of sp³-hybridized carbons (Fsp3) is 0.538. The SMILES string of the molecule is CCC(CC)C(O)c1ccc(N)c(OC)c1. The minimum atomic E-state index is -0.440. The van der Waals surface area contributed by atoms with Gasteiger partial charge in [-0.1, -0.05) is 32.8 Å². The highest BCUT2D eigenvalue weighted by molar-refractivity contribution is 5.54. The summed E-state index contributed by atoms with van der Waals surface area (Å²) in [7, 11) is 1.58. The van der Waals surface area contributed by atoms with Crippen LogP contribution in [-0.2, 0) is 0 Å². The van der Waals surface area contributed by atoms with Crippen LogP contribution in [0.4, 0.5) is 5.69 Å². The lowest BCUT2D eigenvalue weighted by Gasteiger charge is -2.21. The van der Waals surface area contributed by atoms with Crippen molar-refractivity contribution < 1.29 is 9.84 Å². The fourth-order valence-corrected chi connectivity index (χ4v) is 1.92. The summed E-state index contributed by atoms with van der Waals surface area (Å²) in [5.74, 6) is 0.913. The van der Waals surface area contributed by atoms with Gasteiger partial charge in [0.1, 0.15) is 5.75 Å². The van der Waals surface area contributed by atoms with Crippen LogP contribution in [0.2, 0.25) is 0 Å². The van der Waals surface area contributed by atoms with Crippen molar-refractivity contribution in [1.29, 1.82) is 0 Å². The molecular formula is C13H21NO2. The number of nitrogen functional groups attached to an aromatic ring is 1. The van der Waals surface area contributed by atoms with Gasteiger partial charge in [-0.15, -0.1) is 0 Å². The van der Waals surface area contributed by atoms with E-state index in [-0.39, 0.29) is 5.92 Å². The molecule has 0 saturated carbocycles. The minimum absolute atomic E-state index is 0.285. The maximum Gasteiger partial charge on any atom is 0.142 e. The van der Waals surface area contributed by atoms with E-state index in [4.69, 9.17) is 10.5 Å². The second kappa shape index (κ2) is 5.75. The Kier molecular flexibility index (Phi) is 4.62. The summed E-state index contributed by atoms with van der Waals surface area (Å²) in [6, 6.07) is 5.46. The molecule has 0 saturated heterocycles. The van der Waals surface area contributed by atoms with Gasteiger partial charge in [0, 0.05) is 0 Å².